The van der Waals surface area contributed by atoms with Crippen LogP contribution in [0.5, 0.6) is 0 Å². The second kappa shape index (κ2) is 8.72. The van der Waals surface area contributed by atoms with Gasteiger partial charge < -0.3 is 4.42 Å². The van der Waals surface area contributed by atoms with Crippen molar-refractivity contribution in [3.8, 4) is 33.4 Å². The van der Waals surface area contributed by atoms with Crippen molar-refractivity contribution >= 4 is 43.5 Å². The first-order valence-electron chi connectivity index (χ1n) is 17.9. The van der Waals surface area contributed by atoms with E-state index in [1.165, 1.54) is 0 Å². The first-order chi connectivity index (χ1) is 23.9. The van der Waals surface area contributed by atoms with E-state index in [0.29, 0.717) is 38.2 Å². The Morgan fingerprint density at radius 2 is 0.923 bits per heavy atom. The van der Waals surface area contributed by atoms with Crippen LogP contribution in [0.2, 0.25) is 0 Å². The van der Waals surface area contributed by atoms with Crippen molar-refractivity contribution in [1.29, 1.82) is 0 Å². The summed E-state index contributed by atoms with van der Waals surface area (Å²) in [5.41, 5.74) is 3.22. The van der Waals surface area contributed by atoms with Crippen molar-refractivity contribution in [2.75, 3.05) is 0 Å². The van der Waals surface area contributed by atoms with Gasteiger partial charge in [0, 0.05) is 10.8 Å². The molecule has 0 radical (unpaired) electrons. The molecule has 0 bridgehead atoms. The lowest BCUT2D eigenvalue weighted by Crippen LogP contribution is -1.90. The minimum Gasteiger partial charge on any atom is -0.456 e. The van der Waals surface area contributed by atoms with Crippen molar-refractivity contribution in [3.05, 3.63) is 145 Å². The van der Waals surface area contributed by atoms with Crippen LogP contribution >= 0.6 is 0 Å². The summed E-state index contributed by atoms with van der Waals surface area (Å²) >= 11 is 0. The van der Waals surface area contributed by atoms with Gasteiger partial charge >= 0.3 is 0 Å². The van der Waals surface area contributed by atoms with Crippen LogP contribution in [-0.2, 0) is 0 Å². The fraction of sp³-hybridized carbons (Fsp3) is 0. The molecule has 0 atom stereocenters. The Labute approximate surface area is 242 Å². The summed E-state index contributed by atoms with van der Waals surface area (Å²) in [4.78, 5) is 0. The molecular formula is C38H24O. The van der Waals surface area contributed by atoms with Gasteiger partial charge in [-0.3, -0.25) is 0 Å². The highest BCUT2D eigenvalue weighted by molar-refractivity contribution is 6.21. The molecule has 8 rings (SSSR count). The Morgan fingerprint density at radius 3 is 1.56 bits per heavy atom. The minimum atomic E-state index is -0.494. The highest BCUT2D eigenvalue weighted by Crippen LogP contribution is 2.44. The van der Waals surface area contributed by atoms with E-state index in [1.54, 1.807) is 48.5 Å². The number of rotatable bonds is 3. The molecule has 0 aliphatic carbocycles. The molecule has 0 saturated heterocycles. The molecule has 0 aliphatic heterocycles. The van der Waals surface area contributed by atoms with Crippen molar-refractivity contribution in [2.24, 2.45) is 0 Å². The third-order valence-corrected chi connectivity index (χ3v) is 7.10. The van der Waals surface area contributed by atoms with E-state index in [4.69, 9.17) is 19.5 Å². The summed E-state index contributed by atoms with van der Waals surface area (Å²) in [5.74, 6) is 0. The van der Waals surface area contributed by atoms with Crippen LogP contribution in [-0.4, -0.2) is 0 Å². The summed E-state index contributed by atoms with van der Waals surface area (Å²) in [7, 11) is 0. The fourth-order valence-corrected chi connectivity index (χ4v) is 5.36. The average molecular weight is 508 g/mol. The third kappa shape index (κ3) is 3.48. The number of hydrogen-bond donors (Lipinski definition) is 0. The molecule has 0 fully saturated rings. The van der Waals surface area contributed by atoms with E-state index in [2.05, 4.69) is 0 Å². The maximum Gasteiger partial charge on any atom is 0.135 e. The van der Waals surface area contributed by atoms with E-state index < -0.39 is 24.2 Å². The van der Waals surface area contributed by atoms with E-state index in [-0.39, 0.29) is 69.8 Å². The second-order valence-corrected chi connectivity index (χ2v) is 9.26. The number of benzene rings is 7. The highest BCUT2D eigenvalue weighted by atomic mass is 16.3. The molecule has 0 aliphatic rings. The highest BCUT2D eigenvalue weighted by Gasteiger charge is 2.16. The van der Waals surface area contributed by atoms with Crippen LogP contribution in [0.4, 0.5) is 0 Å². The summed E-state index contributed by atoms with van der Waals surface area (Å²) in [6, 6.07) is 20.7. The molecule has 182 valence electrons. The van der Waals surface area contributed by atoms with Crippen LogP contribution in [0.3, 0.4) is 0 Å². The van der Waals surface area contributed by atoms with Gasteiger partial charge in [-0.2, -0.15) is 0 Å². The van der Waals surface area contributed by atoms with E-state index >= 15 is 0 Å². The van der Waals surface area contributed by atoms with E-state index in [9.17, 15) is 0 Å². The average Bonchev–Trinajstić information content (AvgIpc) is 3.52. The van der Waals surface area contributed by atoms with Gasteiger partial charge in [-0.25, -0.2) is 0 Å². The summed E-state index contributed by atoms with van der Waals surface area (Å²) < 4.78 is 99.5. The second-order valence-electron chi connectivity index (χ2n) is 9.26. The Balaban J connectivity index is 1.40. The first-order valence-corrected chi connectivity index (χ1v) is 12.4. The quantitative estimate of drug-likeness (QED) is 0.217. The lowest BCUT2D eigenvalue weighted by molar-refractivity contribution is 0.669. The zero-order valence-electron chi connectivity index (χ0n) is 31.4. The smallest absolute Gasteiger partial charge is 0.135 e. The normalized spacial score (nSPS) is 15.5. The van der Waals surface area contributed by atoms with Gasteiger partial charge in [0.05, 0.1) is 15.1 Å². The molecule has 1 heteroatoms. The van der Waals surface area contributed by atoms with Crippen molar-refractivity contribution < 1.29 is 19.5 Å². The predicted molar refractivity (Wildman–Crippen MR) is 165 cm³/mol. The molecule has 0 unspecified atom stereocenters. The van der Waals surface area contributed by atoms with Crippen LogP contribution in [0.25, 0.3) is 76.9 Å². The van der Waals surface area contributed by atoms with Crippen molar-refractivity contribution in [1.82, 2.24) is 0 Å². The lowest BCUT2D eigenvalue weighted by atomic mass is 9.86. The van der Waals surface area contributed by atoms with Gasteiger partial charge in [-0.15, -0.1) is 0 Å². The summed E-state index contributed by atoms with van der Waals surface area (Å²) in [6.45, 7) is 0. The molecule has 1 heterocycles. The molecule has 0 saturated carbocycles. The molecule has 1 aromatic heterocycles. The Morgan fingerprint density at radius 1 is 0.385 bits per heavy atom. The van der Waals surface area contributed by atoms with Gasteiger partial charge in [0.2, 0.25) is 0 Å². The topological polar surface area (TPSA) is 13.1 Å². The maximum absolute atomic E-state index is 9.14. The van der Waals surface area contributed by atoms with Crippen molar-refractivity contribution in [2.45, 2.75) is 0 Å². The minimum absolute atomic E-state index is 0.0151. The number of hydrogen-bond acceptors (Lipinski definition) is 1. The van der Waals surface area contributed by atoms with Crippen LogP contribution < -0.4 is 0 Å². The van der Waals surface area contributed by atoms with Crippen LogP contribution in [0.15, 0.2) is 150 Å². The molecule has 0 amide bonds. The van der Waals surface area contributed by atoms with Gasteiger partial charge in [-0.05, 0) is 73.1 Å². The predicted octanol–water partition coefficient (Wildman–Crippen LogP) is 10.9. The number of para-hydroxylation sites is 1. The maximum atomic E-state index is 9.14. The standard InChI is InChI=1S/C38H24O/c1-2-10-26(11-3-1)37-30-13-4-6-15-32(30)38(33-16-7-5-14-31(33)37)27-20-18-25(19-21-27)28-22-23-36-34(24-28)29-12-8-9-17-35(29)39-36/h1-24H/i4D,5D,6D,7D,8D,9D,12D,17D,22D,23D,24D. The Hall–Kier alpha value is -5.14. The zero-order chi connectivity index (χ0) is 35.3. The van der Waals surface area contributed by atoms with E-state index in [1.807, 2.05) is 30.3 Å². The largest absolute Gasteiger partial charge is 0.456 e. The van der Waals surface area contributed by atoms with E-state index in [0.717, 1.165) is 11.1 Å². The Kier molecular flexibility index (Phi) is 3.04. The number of fused-ring (bicyclic) bond motifs is 5. The third-order valence-electron chi connectivity index (χ3n) is 7.10. The summed E-state index contributed by atoms with van der Waals surface area (Å²) in [5, 5.41) is 2.80. The fourth-order valence-electron chi connectivity index (χ4n) is 5.36. The zero-order valence-corrected chi connectivity index (χ0v) is 20.4. The molecule has 0 N–H and O–H groups in total. The molecule has 1 nitrogen and oxygen atoms in total. The van der Waals surface area contributed by atoms with Crippen LogP contribution in [0, 0.1) is 0 Å². The van der Waals surface area contributed by atoms with Gasteiger partial charge in [0.15, 0.2) is 0 Å². The van der Waals surface area contributed by atoms with Gasteiger partial charge in [-0.1, -0.05) is 127 Å². The summed E-state index contributed by atoms with van der Waals surface area (Å²) in [6.07, 6.45) is 0. The Bertz CT molecular complexity index is 2680. The van der Waals surface area contributed by atoms with Gasteiger partial charge in [0.1, 0.15) is 11.2 Å². The molecule has 8 aromatic rings. The van der Waals surface area contributed by atoms with Crippen LogP contribution in [0.1, 0.15) is 15.1 Å². The molecular weight excluding hydrogens is 472 g/mol. The van der Waals surface area contributed by atoms with Gasteiger partial charge in [0.25, 0.3) is 0 Å². The molecule has 0 spiro atoms. The SMILES string of the molecule is [2H]c1cc2c(-c3ccccc3)c3cc([2H])c([2H])cc3c(-c3ccc(-c4c([2H])c([2H])c5oc6c([2H])c([2H])c([2H])c([2H])c6c5c4[2H])cc3)c2cc1[2H]. The lowest BCUT2D eigenvalue weighted by Gasteiger charge is -2.18. The monoisotopic (exact) mass is 507 g/mol. The number of furan rings is 1. The first kappa shape index (κ1) is 13.6. The van der Waals surface area contributed by atoms with Crippen molar-refractivity contribution in [3.63, 3.8) is 0 Å². The molecule has 7 aromatic carbocycles. The molecule has 39 heavy (non-hydrogen) atoms.